The van der Waals surface area contributed by atoms with Crippen LogP contribution in [0.25, 0.3) is 0 Å². The molecule has 5 nitrogen and oxygen atoms in total. The predicted molar refractivity (Wildman–Crippen MR) is 72.9 cm³/mol. The summed E-state index contributed by atoms with van der Waals surface area (Å²) in [6.07, 6.45) is 1.58. The van der Waals surface area contributed by atoms with Gasteiger partial charge in [-0.2, -0.15) is 0 Å². The van der Waals surface area contributed by atoms with Crippen molar-refractivity contribution in [2.24, 2.45) is 0 Å². The van der Waals surface area contributed by atoms with Crippen LogP contribution >= 0.6 is 0 Å². The summed E-state index contributed by atoms with van der Waals surface area (Å²) in [5.74, 6) is -0.346. The molecule has 0 aromatic carbocycles. The van der Waals surface area contributed by atoms with Gasteiger partial charge in [0.15, 0.2) is 0 Å². The normalized spacial score (nSPS) is 19.1. The molecule has 0 aliphatic carbocycles. The molecule has 0 saturated carbocycles. The maximum Gasteiger partial charge on any atom is 0.339 e. The van der Waals surface area contributed by atoms with E-state index < -0.39 is 0 Å². The first-order valence-electron chi connectivity index (χ1n) is 6.52. The van der Waals surface area contributed by atoms with Crippen LogP contribution in [0.1, 0.15) is 29.9 Å². The summed E-state index contributed by atoms with van der Waals surface area (Å²) in [6.45, 7) is 8.24. The number of carbonyl (C=O) groups excluding carboxylic acids is 1. The Morgan fingerprint density at radius 1 is 1.53 bits per heavy atom. The average molecular weight is 263 g/mol. The second-order valence-corrected chi connectivity index (χ2v) is 5.44. The third kappa shape index (κ3) is 3.30. The van der Waals surface area contributed by atoms with Crippen LogP contribution in [0.2, 0.25) is 0 Å². The zero-order chi connectivity index (χ0) is 13.9. The highest BCUT2D eigenvalue weighted by Gasteiger charge is 2.29. The monoisotopic (exact) mass is 263 g/mol. The number of esters is 1. The molecule has 0 spiro atoms. The molecule has 1 N–H and O–H groups in total. The van der Waals surface area contributed by atoms with E-state index in [1.165, 1.54) is 7.11 Å². The Hall–Kier alpha value is -1.46. The molecule has 0 amide bonds. The van der Waals surface area contributed by atoms with Crippen molar-refractivity contribution in [3.05, 3.63) is 29.6 Å². The topological polar surface area (TPSA) is 54.5 Å². The molecule has 1 aliphatic heterocycles. The lowest BCUT2D eigenvalue weighted by Gasteiger charge is -2.42. The van der Waals surface area contributed by atoms with Gasteiger partial charge in [-0.05, 0) is 26.0 Å². The van der Waals surface area contributed by atoms with Crippen molar-refractivity contribution in [3.63, 3.8) is 0 Å². The van der Waals surface area contributed by atoms with Crippen molar-refractivity contribution in [2.75, 3.05) is 26.7 Å². The molecule has 0 unspecified atom stereocenters. The summed E-state index contributed by atoms with van der Waals surface area (Å²) in [5, 5.41) is 3.40. The Bertz CT molecular complexity index is 443. The summed E-state index contributed by atoms with van der Waals surface area (Å²) >= 11 is 0. The average Bonchev–Trinajstić information content (AvgIpc) is 2.41. The minimum absolute atomic E-state index is 0.126. The highest BCUT2D eigenvalue weighted by molar-refractivity contribution is 5.88. The molecule has 2 rings (SSSR count). The fourth-order valence-corrected chi connectivity index (χ4v) is 2.27. The second-order valence-electron chi connectivity index (χ2n) is 5.44. The Labute approximate surface area is 114 Å². The summed E-state index contributed by atoms with van der Waals surface area (Å²) in [5.41, 5.74) is 1.59. The fourth-order valence-electron chi connectivity index (χ4n) is 2.27. The van der Waals surface area contributed by atoms with E-state index in [0.717, 1.165) is 31.9 Å². The minimum Gasteiger partial charge on any atom is -0.465 e. The van der Waals surface area contributed by atoms with Gasteiger partial charge in [0.25, 0.3) is 0 Å². The molecule has 1 fully saturated rings. The number of aromatic nitrogens is 1. The number of carbonyl (C=O) groups is 1. The van der Waals surface area contributed by atoms with Crippen LogP contribution in [0.3, 0.4) is 0 Å². The fraction of sp³-hybridized carbons (Fsp3) is 0.571. The van der Waals surface area contributed by atoms with Crippen LogP contribution in [0.4, 0.5) is 0 Å². The maximum atomic E-state index is 11.3. The van der Waals surface area contributed by atoms with E-state index in [9.17, 15) is 4.79 Å². The van der Waals surface area contributed by atoms with Gasteiger partial charge in [-0.15, -0.1) is 0 Å². The first-order valence-corrected chi connectivity index (χ1v) is 6.52. The van der Waals surface area contributed by atoms with Gasteiger partial charge in [0.1, 0.15) is 0 Å². The van der Waals surface area contributed by atoms with Crippen LogP contribution < -0.4 is 5.32 Å². The minimum atomic E-state index is -0.346. The van der Waals surface area contributed by atoms with Gasteiger partial charge in [-0.1, -0.05) is 0 Å². The smallest absolute Gasteiger partial charge is 0.339 e. The Morgan fingerprint density at radius 2 is 2.32 bits per heavy atom. The van der Waals surface area contributed by atoms with Crippen molar-refractivity contribution in [1.29, 1.82) is 0 Å². The number of nitrogens with one attached hydrogen (secondary N) is 1. The number of pyridine rings is 1. The van der Waals surface area contributed by atoms with E-state index in [4.69, 9.17) is 0 Å². The summed E-state index contributed by atoms with van der Waals surface area (Å²) in [4.78, 5) is 18.1. The van der Waals surface area contributed by atoms with E-state index in [2.05, 4.69) is 33.8 Å². The number of nitrogens with zero attached hydrogens (tertiary/aromatic N) is 2. The predicted octanol–water partition coefficient (Wildman–Crippen LogP) is 1.05. The van der Waals surface area contributed by atoms with Gasteiger partial charge in [0, 0.05) is 37.9 Å². The van der Waals surface area contributed by atoms with Crippen molar-refractivity contribution in [3.8, 4) is 0 Å². The molecular formula is C14H21N3O2. The van der Waals surface area contributed by atoms with E-state index in [1.54, 1.807) is 12.3 Å². The SMILES string of the molecule is COC(=O)c1ccc(CN2CCNCC2(C)C)nc1. The molecule has 1 saturated heterocycles. The first kappa shape index (κ1) is 14.0. The molecule has 0 radical (unpaired) electrons. The quantitative estimate of drug-likeness (QED) is 0.826. The Kier molecular flexibility index (Phi) is 4.17. The highest BCUT2D eigenvalue weighted by Crippen LogP contribution is 2.18. The highest BCUT2D eigenvalue weighted by atomic mass is 16.5. The summed E-state index contributed by atoms with van der Waals surface area (Å²) < 4.78 is 4.66. The molecule has 5 heteroatoms. The third-order valence-electron chi connectivity index (χ3n) is 3.57. The van der Waals surface area contributed by atoms with Crippen LogP contribution in [0, 0.1) is 0 Å². The molecule has 104 valence electrons. The van der Waals surface area contributed by atoms with Crippen LogP contribution in [0.15, 0.2) is 18.3 Å². The van der Waals surface area contributed by atoms with Crippen molar-refractivity contribution in [2.45, 2.75) is 25.9 Å². The van der Waals surface area contributed by atoms with Crippen molar-refractivity contribution in [1.82, 2.24) is 15.2 Å². The summed E-state index contributed by atoms with van der Waals surface area (Å²) in [6, 6.07) is 3.66. The Balaban J connectivity index is 2.05. The van der Waals surface area contributed by atoms with E-state index in [1.807, 2.05) is 6.07 Å². The number of hydrogen-bond acceptors (Lipinski definition) is 5. The lowest BCUT2D eigenvalue weighted by molar-refractivity contribution is 0.0599. The summed E-state index contributed by atoms with van der Waals surface area (Å²) in [7, 11) is 1.37. The number of piperazine rings is 1. The molecule has 1 aromatic heterocycles. The molecule has 19 heavy (non-hydrogen) atoms. The van der Waals surface area contributed by atoms with E-state index >= 15 is 0 Å². The number of ether oxygens (including phenoxy) is 1. The lowest BCUT2D eigenvalue weighted by atomic mass is 10.00. The standard InChI is InChI=1S/C14H21N3O2/c1-14(2)10-15-6-7-17(14)9-12-5-4-11(8-16-12)13(18)19-3/h4-5,8,15H,6-7,9-10H2,1-3H3. The van der Waals surface area contributed by atoms with Gasteiger partial charge in [-0.3, -0.25) is 9.88 Å². The zero-order valence-electron chi connectivity index (χ0n) is 11.8. The third-order valence-corrected chi connectivity index (χ3v) is 3.57. The van der Waals surface area contributed by atoms with Crippen LogP contribution in [-0.4, -0.2) is 48.1 Å². The van der Waals surface area contributed by atoms with E-state index in [0.29, 0.717) is 5.56 Å². The van der Waals surface area contributed by atoms with Gasteiger partial charge in [-0.25, -0.2) is 4.79 Å². The molecule has 1 aliphatic rings. The van der Waals surface area contributed by atoms with Crippen molar-refractivity contribution < 1.29 is 9.53 Å². The zero-order valence-corrected chi connectivity index (χ0v) is 11.8. The molecular weight excluding hydrogens is 242 g/mol. The molecule has 2 heterocycles. The van der Waals surface area contributed by atoms with Crippen molar-refractivity contribution >= 4 is 5.97 Å². The number of hydrogen-bond donors (Lipinski definition) is 1. The number of rotatable bonds is 3. The molecule has 0 bridgehead atoms. The molecule has 0 atom stereocenters. The lowest BCUT2D eigenvalue weighted by Crippen LogP contribution is -2.57. The van der Waals surface area contributed by atoms with Gasteiger partial charge >= 0.3 is 5.97 Å². The number of methoxy groups -OCH3 is 1. The van der Waals surface area contributed by atoms with Gasteiger partial charge in [0.2, 0.25) is 0 Å². The molecule has 1 aromatic rings. The first-order chi connectivity index (χ1) is 9.03. The van der Waals surface area contributed by atoms with Gasteiger partial charge in [0.05, 0.1) is 18.4 Å². The maximum absolute atomic E-state index is 11.3. The second kappa shape index (κ2) is 5.67. The Morgan fingerprint density at radius 3 is 2.89 bits per heavy atom. The van der Waals surface area contributed by atoms with Crippen LogP contribution in [-0.2, 0) is 11.3 Å². The van der Waals surface area contributed by atoms with Gasteiger partial charge < -0.3 is 10.1 Å². The largest absolute Gasteiger partial charge is 0.465 e. The van der Waals surface area contributed by atoms with E-state index in [-0.39, 0.29) is 11.5 Å². The van der Waals surface area contributed by atoms with Crippen LogP contribution in [0.5, 0.6) is 0 Å².